The third-order valence-corrected chi connectivity index (χ3v) is 8.03. The zero-order valence-electron chi connectivity index (χ0n) is 25.0. The van der Waals surface area contributed by atoms with Crippen LogP contribution in [0.25, 0.3) is 0 Å². The van der Waals surface area contributed by atoms with Gasteiger partial charge in [-0.1, -0.05) is 91.0 Å². The number of likely N-dealkylation sites (tertiary alicyclic amines) is 1. The first kappa shape index (κ1) is 34.9. The molecule has 0 aliphatic carbocycles. The van der Waals surface area contributed by atoms with Crippen LogP contribution in [-0.2, 0) is 46.3 Å². The summed E-state index contributed by atoms with van der Waals surface area (Å²) >= 11 is 0. The first-order valence-electron chi connectivity index (χ1n) is 14.3. The van der Waals surface area contributed by atoms with E-state index in [0.717, 1.165) is 44.0 Å². The van der Waals surface area contributed by atoms with Crippen LogP contribution in [0.1, 0.15) is 23.1 Å². The number of hydrogen-bond donors (Lipinski definition) is 0. The third kappa shape index (κ3) is 6.91. The van der Waals surface area contributed by atoms with Crippen LogP contribution in [0.15, 0.2) is 91.0 Å². The molecule has 0 N–H and O–H groups in total. The molecule has 0 unspecified atom stereocenters. The molecular weight excluding hydrogens is 620 g/mol. The van der Waals surface area contributed by atoms with Crippen molar-refractivity contribution in [3.05, 3.63) is 108 Å². The molecule has 1 aliphatic heterocycles. The Morgan fingerprint density at radius 2 is 1.17 bits per heavy atom. The number of halogens is 6. The molecule has 3 aromatic rings. The Balaban J connectivity index is 1.63. The lowest BCUT2D eigenvalue weighted by Crippen LogP contribution is -2.55. The summed E-state index contributed by atoms with van der Waals surface area (Å²) in [5, 5.41) is 0. The van der Waals surface area contributed by atoms with E-state index in [4.69, 9.17) is 18.9 Å². The predicted molar refractivity (Wildman–Crippen MR) is 153 cm³/mol. The normalized spacial score (nSPS) is 20.3. The van der Waals surface area contributed by atoms with Crippen molar-refractivity contribution in [2.75, 3.05) is 33.9 Å². The minimum atomic E-state index is -5.24. The zero-order valence-corrected chi connectivity index (χ0v) is 25.0. The zero-order chi connectivity index (χ0) is 33.6. The molecule has 0 bridgehead atoms. The highest BCUT2D eigenvalue weighted by atomic mass is 19.4. The van der Waals surface area contributed by atoms with E-state index >= 15 is 0 Å². The Morgan fingerprint density at radius 3 is 1.63 bits per heavy atom. The van der Waals surface area contributed by atoms with Crippen LogP contribution in [0.2, 0.25) is 0 Å². The van der Waals surface area contributed by atoms with Crippen molar-refractivity contribution < 1.29 is 54.9 Å². The van der Waals surface area contributed by atoms with E-state index in [-0.39, 0.29) is 19.5 Å². The Hall–Kier alpha value is -3.94. The molecule has 46 heavy (non-hydrogen) atoms. The molecule has 3 aromatic carbocycles. The topological polar surface area (TPSA) is 74.3 Å². The average Bonchev–Trinajstić information content (AvgIpc) is 3.02. The molecule has 0 saturated carbocycles. The summed E-state index contributed by atoms with van der Waals surface area (Å²) in [6.07, 6.45) is -11.7. The number of benzene rings is 3. The molecule has 4 atom stereocenters. The fraction of sp³-hybridized carbons (Fsp3) is 0.394. The van der Waals surface area contributed by atoms with Gasteiger partial charge in [-0.05, 0) is 12.0 Å². The van der Waals surface area contributed by atoms with Crippen molar-refractivity contribution in [2.24, 2.45) is 5.92 Å². The Morgan fingerprint density at radius 1 is 0.717 bits per heavy atom. The molecule has 248 valence electrons. The van der Waals surface area contributed by atoms with Crippen LogP contribution >= 0.6 is 0 Å². The van der Waals surface area contributed by atoms with Crippen LogP contribution < -0.4 is 0 Å². The summed E-state index contributed by atoms with van der Waals surface area (Å²) < 4.78 is 107. The SMILES string of the molecule is CO[C@@](C(=O)OC[C@@H]1CN(Cc2ccccc2)CC[C@@H]1OC(=O)[C@](OC)(c1ccccc1)C(F)(F)F)(c1ccccc1)C(F)(F)F. The molecule has 13 heteroatoms. The number of hydrogen-bond acceptors (Lipinski definition) is 7. The van der Waals surface area contributed by atoms with Gasteiger partial charge in [-0.3, -0.25) is 4.90 Å². The van der Waals surface area contributed by atoms with Crippen LogP contribution in [0.3, 0.4) is 0 Å². The van der Waals surface area contributed by atoms with Crippen LogP contribution in [0, 0.1) is 5.92 Å². The van der Waals surface area contributed by atoms with Gasteiger partial charge in [0, 0.05) is 50.9 Å². The van der Waals surface area contributed by atoms with Gasteiger partial charge in [0.25, 0.3) is 11.2 Å². The van der Waals surface area contributed by atoms with Gasteiger partial charge >= 0.3 is 24.3 Å². The van der Waals surface area contributed by atoms with Gasteiger partial charge in [0.05, 0.1) is 6.61 Å². The molecule has 1 saturated heterocycles. The van der Waals surface area contributed by atoms with Crippen molar-refractivity contribution in [1.29, 1.82) is 0 Å². The molecule has 1 aliphatic rings. The highest BCUT2D eigenvalue weighted by Crippen LogP contribution is 2.45. The molecule has 0 amide bonds. The van der Waals surface area contributed by atoms with Crippen LogP contribution in [0.4, 0.5) is 26.3 Å². The van der Waals surface area contributed by atoms with E-state index in [1.807, 2.05) is 35.2 Å². The highest BCUT2D eigenvalue weighted by molar-refractivity contribution is 5.83. The van der Waals surface area contributed by atoms with Crippen molar-refractivity contribution in [1.82, 2.24) is 4.90 Å². The minimum Gasteiger partial charge on any atom is -0.463 e. The number of esters is 2. The summed E-state index contributed by atoms with van der Waals surface area (Å²) in [5.74, 6) is -4.54. The molecule has 1 heterocycles. The summed E-state index contributed by atoms with van der Waals surface area (Å²) in [6.45, 7) is -0.0411. The van der Waals surface area contributed by atoms with Crippen molar-refractivity contribution >= 4 is 11.9 Å². The maximum absolute atomic E-state index is 14.5. The number of piperidine rings is 1. The van der Waals surface area contributed by atoms with E-state index < -0.39 is 65.2 Å². The van der Waals surface area contributed by atoms with E-state index in [9.17, 15) is 35.9 Å². The van der Waals surface area contributed by atoms with Gasteiger partial charge in [-0.2, -0.15) is 26.3 Å². The number of alkyl halides is 6. The van der Waals surface area contributed by atoms with Gasteiger partial charge < -0.3 is 18.9 Å². The second-order valence-corrected chi connectivity index (χ2v) is 10.8. The van der Waals surface area contributed by atoms with Crippen molar-refractivity contribution in [3.63, 3.8) is 0 Å². The van der Waals surface area contributed by atoms with E-state index in [1.165, 1.54) is 36.4 Å². The number of carbonyl (C=O) groups is 2. The van der Waals surface area contributed by atoms with E-state index in [0.29, 0.717) is 6.54 Å². The van der Waals surface area contributed by atoms with Crippen LogP contribution in [-0.4, -0.2) is 69.2 Å². The first-order chi connectivity index (χ1) is 21.8. The molecule has 1 fully saturated rings. The summed E-state index contributed by atoms with van der Waals surface area (Å²) in [7, 11) is 1.45. The van der Waals surface area contributed by atoms with Gasteiger partial charge in [0.1, 0.15) is 6.10 Å². The molecule has 0 spiro atoms. The third-order valence-electron chi connectivity index (χ3n) is 8.03. The lowest BCUT2D eigenvalue weighted by molar-refractivity contribution is -0.280. The highest BCUT2D eigenvalue weighted by Gasteiger charge is 2.65. The largest absolute Gasteiger partial charge is 0.463 e. The molecule has 7 nitrogen and oxygen atoms in total. The van der Waals surface area contributed by atoms with Gasteiger partial charge in [0.15, 0.2) is 0 Å². The maximum atomic E-state index is 14.5. The lowest BCUT2D eigenvalue weighted by Gasteiger charge is -2.40. The summed E-state index contributed by atoms with van der Waals surface area (Å²) in [4.78, 5) is 28.6. The predicted octanol–water partition coefficient (Wildman–Crippen LogP) is 6.17. The average molecular weight is 654 g/mol. The number of ether oxygens (including phenoxy) is 4. The summed E-state index contributed by atoms with van der Waals surface area (Å²) in [6, 6.07) is 21.6. The fourth-order valence-corrected chi connectivity index (χ4v) is 5.67. The Bertz CT molecular complexity index is 1440. The summed E-state index contributed by atoms with van der Waals surface area (Å²) in [5.41, 5.74) is -7.10. The molecule has 4 rings (SSSR count). The molecular formula is C33H33F6NO6. The second-order valence-electron chi connectivity index (χ2n) is 10.8. The number of carbonyl (C=O) groups excluding carboxylic acids is 2. The second kappa shape index (κ2) is 14.2. The van der Waals surface area contributed by atoms with Gasteiger partial charge in [-0.15, -0.1) is 0 Å². The van der Waals surface area contributed by atoms with Crippen LogP contribution in [0.5, 0.6) is 0 Å². The fourth-order valence-electron chi connectivity index (χ4n) is 5.67. The Labute approximate surface area is 262 Å². The number of nitrogens with zero attached hydrogens (tertiary/aromatic N) is 1. The van der Waals surface area contributed by atoms with E-state index in [1.54, 1.807) is 0 Å². The smallest absolute Gasteiger partial charge is 0.432 e. The van der Waals surface area contributed by atoms with Crippen molar-refractivity contribution in [3.8, 4) is 0 Å². The molecule has 0 radical (unpaired) electrons. The van der Waals surface area contributed by atoms with Gasteiger partial charge in [-0.25, -0.2) is 9.59 Å². The van der Waals surface area contributed by atoms with Crippen molar-refractivity contribution in [2.45, 2.75) is 42.6 Å². The number of methoxy groups -OCH3 is 2. The maximum Gasteiger partial charge on any atom is 0.432 e. The first-order valence-corrected chi connectivity index (χ1v) is 14.3. The quantitative estimate of drug-likeness (QED) is 0.181. The monoisotopic (exact) mass is 653 g/mol. The minimum absolute atomic E-state index is 0.000604. The lowest BCUT2D eigenvalue weighted by atomic mass is 9.91. The molecule has 0 aromatic heterocycles. The standard InChI is InChI=1S/C33H33F6NO6/c1-43-30(32(34,35)36,25-14-8-4-9-15-25)28(41)45-22-24-21-40(20-23-12-6-3-7-13-23)19-18-27(24)46-29(42)31(44-2,33(37,38)39)26-16-10-5-11-17-26/h3-17,24,27H,18-22H2,1-2H3/t24-,27-,30+,31+/m0/s1. The number of rotatable bonds is 11. The van der Waals surface area contributed by atoms with E-state index in [2.05, 4.69) is 0 Å². The Kier molecular flexibility index (Phi) is 10.8. The van der Waals surface area contributed by atoms with Gasteiger partial charge in [0.2, 0.25) is 0 Å².